The standard InChI is InChI=1S/C14H22N3O3S/c1-15-21(19,20)9-10-4-5-12-11(8-10)14(18)6-7-17(2,3)13(14)16-12/h4-5,8,13,15-16,18H,6-7,9H2,1-3H3/q+1/i2D3,3D3. The van der Waals surface area contributed by atoms with Gasteiger partial charge < -0.3 is 14.9 Å². The summed E-state index contributed by atoms with van der Waals surface area (Å²) in [7, 11) is -2.24. The summed E-state index contributed by atoms with van der Waals surface area (Å²) in [5, 5.41) is 14.2. The highest BCUT2D eigenvalue weighted by Crippen LogP contribution is 2.48. The second-order valence-electron chi connectivity index (χ2n) is 5.66. The molecule has 0 spiro atoms. The van der Waals surface area contributed by atoms with Crippen LogP contribution in [0.15, 0.2) is 18.2 Å². The van der Waals surface area contributed by atoms with Crippen LogP contribution in [0.1, 0.15) is 25.8 Å². The molecule has 21 heavy (non-hydrogen) atoms. The van der Waals surface area contributed by atoms with E-state index in [4.69, 9.17) is 8.22 Å². The van der Waals surface area contributed by atoms with E-state index in [-0.39, 0.29) is 18.7 Å². The van der Waals surface area contributed by atoms with Crippen molar-refractivity contribution in [2.24, 2.45) is 0 Å². The summed E-state index contributed by atoms with van der Waals surface area (Å²) in [6.07, 6.45) is -1.36. The lowest BCUT2D eigenvalue weighted by Crippen LogP contribution is -2.52. The fourth-order valence-electron chi connectivity index (χ4n) is 3.09. The molecular formula is C14H22N3O3S+. The maximum atomic E-state index is 11.8. The molecule has 1 saturated heterocycles. The summed E-state index contributed by atoms with van der Waals surface area (Å²) in [5.41, 5.74) is -0.585. The van der Waals surface area contributed by atoms with E-state index in [1.807, 2.05) is 0 Å². The number of aliphatic hydroxyl groups is 1. The van der Waals surface area contributed by atoms with Gasteiger partial charge in [-0.1, -0.05) is 6.07 Å². The molecule has 2 atom stereocenters. The molecule has 116 valence electrons. The zero-order chi connectivity index (χ0) is 20.5. The summed E-state index contributed by atoms with van der Waals surface area (Å²) >= 11 is 0. The minimum Gasteiger partial charge on any atom is -0.377 e. The molecule has 0 radical (unpaired) electrons. The second kappa shape index (κ2) is 4.42. The van der Waals surface area contributed by atoms with Crippen LogP contribution in [0, 0.1) is 0 Å². The molecule has 0 bridgehead atoms. The van der Waals surface area contributed by atoms with Crippen molar-refractivity contribution in [1.29, 1.82) is 0 Å². The Hall–Kier alpha value is -1.15. The molecule has 1 aromatic rings. The third kappa shape index (κ3) is 2.24. The van der Waals surface area contributed by atoms with Crippen LogP contribution >= 0.6 is 0 Å². The van der Waals surface area contributed by atoms with Crippen LogP contribution < -0.4 is 10.0 Å². The quantitative estimate of drug-likeness (QED) is 0.694. The van der Waals surface area contributed by atoms with Crippen molar-refractivity contribution < 1.29 is 26.2 Å². The van der Waals surface area contributed by atoms with Crippen molar-refractivity contribution in [2.75, 3.05) is 32.9 Å². The zero-order valence-electron chi connectivity index (χ0n) is 17.5. The highest BCUT2D eigenvalue weighted by molar-refractivity contribution is 7.88. The molecule has 0 saturated carbocycles. The van der Waals surface area contributed by atoms with Gasteiger partial charge in [0.05, 0.1) is 34.5 Å². The van der Waals surface area contributed by atoms with Gasteiger partial charge >= 0.3 is 0 Å². The number of hydrogen-bond donors (Lipinski definition) is 3. The predicted octanol–water partition coefficient (Wildman–Crippen LogP) is 0.155. The van der Waals surface area contributed by atoms with E-state index >= 15 is 0 Å². The van der Waals surface area contributed by atoms with Gasteiger partial charge in [0.2, 0.25) is 10.0 Å². The fraction of sp³-hybridized carbons (Fsp3) is 0.571. The van der Waals surface area contributed by atoms with Gasteiger partial charge in [0, 0.05) is 17.7 Å². The summed E-state index contributed by atoms with van der Waals surface area (Å²) in [6, 6.07) is 4.58. The number of nitrogens with one attached hydrogen (secondary N) is 2. The minimum atomic E-state index is -3.54. The van der Waals surface area contributed by atoms with Crippen LogP contribution in [0.25, 0.3) is 0 Å². The molecule has 2 heterocycles. The smallest absolute Gasteiger partial charge is 0.215 e. The number of rotatable bonds is 3. The molecule has 3 rings (SSSR count). The molecular weight excluding hydrogens is 290 g/mol. The van der Waals surface area contributed by atoms with E-state index in [1.54, 1.807) is 12.1 Å². The molecule has 3 N–H and O–H groups in total. The van der Waals surface area contributed by atoms with Gasteiger partial charge in [0.1, 0.15) is 0 Å². The Morgan fingerprint density at radius 1 is 1.57 bits per heavy atom. The van der Waals surface area contributed by atoms with Gasteiger partial charge in [0.25, 0.3) is 0 Å². The Morgan fingerprint density at radius 3 is 3.00 bits per heavy atom. The molecule has 1 aromatic carbocycles. The molecule has 2 aliphatic heterocycles. The van der Waals surface area contributed by atoms with Crippen molar-refractivity contribution in [3.8, 4) is 0 Å². The minimum absolute atomic E-state index is 0.0727. The first kappa shape index (κ1) is 9.09. The van der Waals surface area contributed by atoms with Crippen molar-refractivity contribution in [1.82, 2.24) is 4.72 Å². The first-order valence-electron chi connectivity index (χ1n) is 9.59. The van der Waals surface area contributed by atoms with E-state index in [0.29, 0.717) is 16.8 Å². The lowest BCUT2D eigenvalue weighted by atomic mass is 9.92. The van der Waals surface area contributed by atoms with Gasteiger partial charge in [0.15, 0.2) is 11.8 Å². The van der Waals surface area contributed by atoms with Crippen LogP contribution in [0.4, 0.5) is 5.69 Å². The van der Waals surface area contributed by atoms with Crippen LogP contribution in [-0.2, 0) is 21.4 Å². The van der Waals surface area contributed by atoms with Gasteiger partial charge in [-0.2, -0.15) is 0 Å². The molecule has 0 aromatic heterocycles. The molecule has 0 aliphatic carbocycles. The lowest BCUT2D eigenvalue weighted by molar-refractivity contribution is -0.902. The highest BCUT2D eigenvalue weighted by atomic mass is 32.2. The molecule has 1 fully saturated rings. The van der Waals surface area contributed by atoms with Crippen LogP contribution in [0.2, 0.25) is 0 Å². The molecule has 7 heteroatoms. The summed E-state index contributed by atoms with van der Waals surface area (Å²) in [5.74, 6) is -0.309. The lowest BCUT2D eigenvalue weighted by Gasteiger charge is -2.33. The van der Waals surface area contributed by atoms with E-state index in [0.717, 1.165) is 0 Å². The maximum Gasteiger partial charge on any atom is 0.215 e. The number of benzene rings is 1. The van der Waals surface area contributed by atoms with Gasteiger partial charge in [-0.3, -0.25) is 0 Å². The van der Waals surface area contributed by atoms with E-state index in [9.17, 15) is 13.5 Å². The van der Waals surface area contributed by atoms with Gasteiger partial charge in [-0.15, -0.1) is 0 Å². The summed E-state index contributed by atoms with van der Waals surface area (Å²) < 4.78 is 71.8. The van der Waals surface area contributed by atoms with Crippen molar-refractivity contribution >= 4 is 15.7 Å². The Bertz CT molecular complexity index is 856. The zero-order valence-corrected chi connectivity index (χ0v) is 12.4. The second-order valence-corrected chi connectivity index (χ2v) is 7.58. The number of anilines is 1. The van der Waals surface area contributed by atoms with Gasteiger partial charge in [-0.25, -0.2) is 13.1 Å². The predicted molar refractivity (Wildman–Crippen MR) is 81.0 cm³/mol. The number of fused-ring (bicyclic) bond motifs is 3. The maximum absolute atomic E-state index is 11.8. The third-order valence-electron chi connectivity index (χ3n) is 4.25. The van der Waals surface area contributed by atoms with Crippen LogP contribution in [-0.4, -0.2) is 51.7 Å². The Kier molecular flexibility index (Phi) is 1.92. The van der Waals surface area contributed by atoms with Crippen molar-refractivity contribution in [3.05, 3.63) is 29.3 Å². The Balaban J connectivity index is 2.09. The summed E-state index contributed by atoms with van der Waals surface area (Å²) in [4.78, 5) is 0. The number of sulfonamides is 1. The average molecular weight is 318 g/mol. The number of likely N-dealkylation sites (N-methyl/N-ethyl adjacent to an activating group) is 1. The summed E-state index contributed by atoms with van der Waals surface area (Å²) in [6.45, 7) is -6.03. The molecule has 2 aliphatic rings. The third-order valence-corrected chi connectivity index (χ3v) is 5.58. The normalized spacial score (nSPS) is 35.2. The number of quaternary nitrogens is 1. The largest absolute Gasteiger partial charge is 0.377 e. The molecule has 2 unspecified atom stereocenters. The van der Waals surface area contributed by atoms with Gasteiger partial charge in [-0.05, 0) is 24.7 Å². The van der Waals surface area contributed by atoms with E-state index in [2.05, 4.69) is 10.0 Å². The number of likely N-dealkylation sites (tertiary alicyclic amines) is 1. The van der Waals surface area contributed by atoms with Crippen LogP contribution in [0.3, 0.4) is 0 Å². The first-order chi connectivity index (χ1) is 12.2. The van der Waals surface area contributed by atoms with Crippen LogP contribution in [0.5, 0.6) is 0 Å². The SMILES string of the molecule is [2H]C([2H])([2H])[N+]1(C([2H])([2H])[2H])CCC2(O)c3cc(CS(=O)(=O)NC)ccc3NC21. The monoisotopic (exact) mass is 318 g/mol. The number of nitrogens with zero attached hydrogens (tertiary/aromatic N) is 1. The van der Waals surface area contributed by atoms with Crippen molar-refractivity contribution in [2.45, 2.75) is 23.9 Å². The number of hydrogen-bond acceptors (Lipinski definition) is 4. The topological polar surface area (TPSA) is 78.4 Å². The Labute approximate surface area is 133 Å². The Morgan fingerprint density at radius 2 is 2.33 bits per heavy atom. The fourth-order valence-corrected chi connectivity index (χ4v) is 3.86. The molecule has 0 amide bonds. The highest BCUT2D eigenvalue weighted by Gasteiger charge is 2.59. The van der Waals surface area contributed by atoms with E-state index in [1.165, 1.54) is 13.1 Å². The van der Waals surface area contributed by atoms with Crippen molar-refractivity contribution in [3.63, 3.8) is 0 Å². The van der Waals surface area contributed by atoms with E-state index < -0.39 is 40.2 Å². The molecule has 6 nitrogen and oxygen atoms in total. The average Bonchev–Trinajstić information content (AvgIpc) is 2.96. The first-order valence-corrected chi connectivity index (χ1v) is 8.25.